The van der Waals surface area contributed by atoms with Crippen LogP contribution in [0, 0.1) is 0 Å². The van der Waals surface area contributed by atoms with Gasteiger partial charge in [0, 0.05) is 0 Å². The molecule has 0 aliphatic rings. The summed E-state index contributed by atoms with van der Waals surface area (Å²) < 4.78 is 2.11. The third kappa shape index (κ3) is 6.88. The number of hydrogen-bond acceptors (Lipinski definition) is 0. The molecule has 0 amide bonds. The standard InChI is InChI=1S/2C3H7.Bi/c2*1-3-2;/h2*3H,1-2H3;. The van der Waals surface area contributed by atoms with Crippen LogP contribution in [0.5, 0.6) is 0 Å². The van der Waals surface area contributed by atoms with Gasteiger partial charge in [-0.2, -0.15) is 0 Å². The van der Waals surface area contributed by atoms with Crippen molar-refractivity contribution in [2.24, 2.45) is 0 Å². The van der Waals surface area contributed by atoms with Crippen LogP contribution in [-0.2, 0) is 0 Å². The molecule has 0 aromatic rings. The Morgan fingerprint density at radius 2 is 1.14 bits per heavy atom. The zero-order valence-corrected chi connectivity index (χ0v) is 9.08. The molecular weight excluding hydrogens is 281 g/mol. The van der Waals surface area contributed by atoms with E-state index in [9.17, 15) is 0 Å². The van der Waals surface area contributed by atoms with Crippen molar-refractivity contribution in [1.29, 1.82) is 0 Å². The summed E-state index contributed by atoms with van der Waals surface area (Å²) in [7, 11) is 0. The van der Waals surface area contributed by atoms with Crippen LogP contribution in [0.15, 0.2) is 0 Å². The summed E-state index contributed by atoms with van der Waals surface area (Å²) in [6.45, 7) is 9.38. The Bertz CT molecular complexity index is 33.4. The quantitative estimate of drug-likeness (QED) is 0.686. The molecule has 0 aliphatic carbocycles. The number of hydrogen-bond donors (Lipinski definition) is 0. The van der Waals surface area contributed by atoms with E-state index in [4.69, 9.17) is 0 Å². The van der Waals surface area contributed by atoms with E-state index in [1.165, 1.54) is 0 Å². The van der Waals surface area contributed by atoms with Gasteiger partial charge in [0.25, 0.3) is 0 Å². The first kappa shape index (κ1) is 7.88. The van der Waals surface area contributed by atoms with Gasteiger partial charge in [-0.05, 0) is 0 Å². The van der Waals surface area contributed by atoms with E-state index < -0.39 is 0 Å². The SMILES string of the molecule is C[CH](C)[Bi][CH](C)C. The van der Waals surface area contributed by atoms with Gasteiger partial charge in [0.1, 0.15) is 0 Å². The zero-order valence-electron chi connectivity index (χ0n) is 5.60. The summed E-state index contributed by atoms with van der Waals surface area (Å²) in [5, 5.41) is 0. The molecule has 0 N–H and O–H groups in total. The first-order chi connectivity index (χ1) is 3.13. The second-order valence-corrected chi connectivity index (χ2v) is 11.5. The summed E-state index contributed by atoms with van der Waals surface area (Å²) in [5.41, 5.74) is 0. The molecular formula is C6H14Bi. The minimum atomic E-state index is -0.0432. The number of rotatable bonds is 2. The van der Waals surface area contributed by atoms with Crippen molar-refractivity contribution in [2.75, 3.05) is 0 Å². The maximum atomic E-state index is 2.34. The Balaban J connectivity index is 2.95. The van der Waals surface area contributed by atoms with Crippen molar-refractivity contribution >= 4 is 23.2 Å². The van der Waals surface area contributed by atoms with Gasteiger partial charge in [0.2, 0.25) is 0 Å². The molecule has 0 heterocycles. The monoisotopic (exact) mass is 295 g/mol. The van der Waals surface area contributed by atoms with Crippen molar-refractivity contribution in [2.45, 2.75) is 34.9 Å². The molecule has 7 heavy (non-hydrogen) atoms. The molecule has 0 bridgehead atoms. The molecule has 43 valence electrons. The van der Waals surface area contributed by atoms with Crippen LogP contribution in [0.4, 0.5) is 0 Å². The minimum absolute atomic E-state index is 0.0432. The second-order valence-electron chi connectivity index (χ2n) is 2.34. The Labute approximate surface area is 58.3 Å². The first-order valence-corrected chi connectivity index (χ1v) is 6.84. The molecule has 0 unspecified atom stereocenters. The molecule has 0 spiro atoms. The summed E-state index contributed by atoms with van der Waals surface area (Å²) >= 11 is -0.0432. The second kappa shape index (κ2) is 3.83. The molecule has 1 radical (unpaired) electrons. The molecule has 0 aromatic carbocycles. The Morgan fingerprint density at radius 3 is 1.14 bits per heavy atom. The van der Waals surface area contributed by atoms with Gasteiger partial charge in [-0.25, -0.2) is 0 Å². The summed E-state index contributed by atoms with van der Waals surface area (Å²) in [6.07, 6.45) is 0. The molecule has 0 aromatic heterocycles. The van der Waals surface area contributed by atoms with Crippen molar-refractivity contribution < 1.29 is 0 Å². The Morgan fingerprint density at radius 1 is 0.857 bits per heavy atom. The van der Waals surface area contributed by atoms with Gasteiger partial charge < -0.3 is 0 Å². The fourth-order valence-electron chi connectivity index (χ4n) is 0.596. The van der Waals surface area contributed by atoms with Crippen LogP contribution in [0.2, 0.25) is 7.25 Å². The molecule has 1 heteroatoms. The molecule has 0 saturated heterocycles. The predicted octanol–water partition coefficient (Wildman–Crippen LogP) is 2.35. The van der Waals surface area contributed by atoms with Gasteiger partial charge in [-0.1, -0.05) is 0 Å². The van der Waals surface area contributed by atoms with E-state index in [1.54, 1.807) is 0 Å². The van der Waals surface area contributed by atoms with Crippen LogP contribution < -0.4 is 0 Å². The van der Waals surface area contributed by atoms with Crippen LogP contribution in [0.3, 0.4) is 0 Å². The van der Waals surface area contributed by atoms with E-state index in [1.807, 2.05) is 0 Å². The normalized spacial score (nSPS) is 11.1. The summed E-state index contributed by atoms with van der Waals surface area (Å²) in [4.78, 5) is 0. The maximum absolute atomic E-state index is 2.34. The van der Waals surface area contributed by atoms with Gasteiger partial charge in [0.15, 0.2) is 0 Å². The average molecular weight is 295 g/mol. The van der Waals surface area contributed by atoms with Crippen molar-refractivity contribution in [3.63, 3.8) is 0 Å². The fourth-order valence-corrected chi connectivity index (χ4v) is 5.23. The van der Waals surface area contributed by atoms with Crippen molar-refractivity contribution in [3.05, 3.63) is 0 Å². The van der Waals surface area contributed by atoms with Crippen LogP contribution >= 0.6 is 0 Å². The van der Waals surface area contributed by atoms with Crippen LogP contribution in [0.25, 0.3) is 0 Å². The van der Waals surface area contributed by atoms with Crippen LogP contribution in [0.1, 0.15) is 27.7 Å². The van der Waals surface area contributed by atoms with E-state index in [0.717, 1.165) is 7.25 Å². The van der Waals surface area contributed by atoms with Gasteiger partial charge >= 0.3 is 58.2 Å². The topological polar surface area (TPSA) is 0 Å². The molecule has 0 fully saturated rings. The van der Waals surface area contributed by atoms with E-state index >= 15 is 0 Å². The predicted molar refractivity (Wildman–Crippen MR) is 35.9 cm³/mol. The molecule has 0 atom stereocenters. The summed E-state index contributed by atoms with van der Waals surface area (Å²) in [6, 6.07) is 0. The molecule has 0 saturated carbocycles. The Hall–Kier alpha value is 0.883. The first-order valence-electron chi connectivity index (χ1n) is 2.83. The van der Waals surface area contributed by atoms with Crippen LogP contribution in [-0.4, -0.2) is 23.2 Å². The van der Waals surface area contributed by atoms with E-state index in [-0.39, 0.29) is 23.2 Å². The average Bonchev–Trinajstić information content (AvgIpc) is 1.27. The fraction of sp³-hybridized carbons (Fsp3) is 1.00. The summed E-state index contributed by atoms with van der Waals surface area (Å²) in [5.74, 6) is 0. The third-order valence-electron chi connectivity index (χ3n) is 0.596. The van der Waals surface area contributed by atoms with Gasteiger partial charge in [-0.15, -0.1) is 0 Å². The van der Waals surface area contributed by atoms with Crippen molar-refractivity contribution in [3.8, 4) is 0 Å². The third-order valence-corrected chi connectivity index (χ3v) is 5.23. The molecule has 0 rings (SSSR count). The van der Waals surface area contributed by atoms with E-state index in [2.05, 4.69) is 27.7 Å². The van der Waals surface area contributed by atoms with Gasteiger partial charge in [-0.3, -0.25) is 0 Å². The van der Waals surface area contributed by atoms with E-state index in [0.29, 0.717) is 0 Å². The zero-order chi connectivity index (χ0) is 5.86. The van der Waals surface area contributed by atoms with Gasteiger partial charge in [0.05, 0.1) is 0 Å². The molecule has 0 nitrogen and oxygen atoms in total. The van der Waals surface area contributed by atoms with Crippen molar-refractivity contribution in [1.82, 2.24) is 0 Å². The molecule has 0 aliphatic heterocycles. The Kier molecular flexibility index (Phi) is 4.32.